The Labute approximate surface area is 126 Å². The summed E-state index contributed by atoms with van der Waals surface area (Å²) in [5.74, 6) is 0.763. The predicted molar refractivity (Wildman–Crippen MR) is 79.8 cm³/mol. The normalized spacial score (nSPS) is 10.7. The third-order valence-corrected chi connectivity index (χ3v) is 3.18. The second-order valence-corrected chi connectivity index (χ2v) is 4.71. The van der Waals surface area contributed by atoms with Gasteiger partial charge in [0.2, 0.25) is 0 Å². The number of hydrogen-bond donors (Lipinski definition) is 2. The van der Waals surface area contributed by atoms with E-state index in [1.807, 2.05) is 0 Å². The van der Waals surface area contributed by atoms with E-state index < -0.39 is 0 Å². The average molecular weight is 299 g/mol. The molecule has 0 aliphatic heterocycles. The van der Waals surface area contributed by atoms with Crippen LogP contribution in [0.5, 0.6) is 0 Å². The lowest BCUT2D eigenvalue weighted by Gasteiger charge is -2.09. The first kappa shape index (κ1) is 14.2. The van der Waals surface area contributed by atoms with Gasteiger partial charge < -0.3 is 10.4 Å². The summed E-state index contributed by atoms with van der Waals surface area (Å²) in [6.45, 7) is -0.229. The molecule has 0 radical (unpaired) electrons. The number of nitrogens with one attached hydrogen (secondary N) is 1. The van der Waals surface area contributed by atoms with Gasteiger partial charge in [-0.05, 0) is 23.8 Å². The smallest absolute Gasteiger partial charge is 0.174 e. The Morgan fingerprint density at radius 3 is 2.68 bits per heavy atom. The number of hydrogen-bond acceptors (Lipinski definition) is 5. The van der Waals surface area contributed by atoms with Crippen LogP contribution in [0.3, 0.4) is 0 Å². The van der Waals surface area contributed by atoms with E-state index in [4.69, 9.17) is 0 Å². The third-order valence-electron chi connectivity index (χ3n) is 3.18. The highest BCUT2D eigenvalue weighted by Gasteiger charge is 2.11. The third kappa shape index (κ3) is 2.79. The van der Waals surface area contributed by atoms with E-state index in [0.29, 0.717) is 28.3 Å². The Morgan fingerprint density at radius 2 is 2.05 bits per heavy atom. The number of aryl methyl sites for hydroxylation is 1. The van der Waals surface area contributed by atoms with Crippen LogP contribution in [-0.2, 0) is 13.7 Å². The zero-order valence-electron chi connectivity index (χ0n) is 11.9. The maximum atomic E-state index is 14.0. The van der Waals surface area contributed by atoms with Crippen LogP contribution in [0.2, 0.25) is 0 Å². The molecule has 0 spiro atoms. The molecule has 0 unspecified atom stereocenters. The van der Waals surface area contributed by atoms with Crippen molar-refractivity contribution in [3.63, 3.8) is 0 Å². The molecule has 0 atom stereocenters. The Hall–Kier alpha value is -2.80. The Bertz CT molecular complexity index is 785. The van der Waals surface area contributed by atoms with Crippen molar-refractivity contribution in [1.82, 2.24) is 20.0 Å². The molecule has 0 saturated heterocycles. The van der Waals surface area contributed by atoms with E-state index in [1.165, 1.54) is 10.9 Å². The molecule has 0 aliphatic carbocycles. The van der Waals surface area contributed by atoms with E-state index in [-0.39, 0.29) is 12.4 Å². The molecule has 2 N–H and O–H groups in total. The summed E-state index contributed by atoms with van der Waals surface area (Å²) in [4.78, 5) is 5.67. The van der Waals surface area contributed by atoms with Crippen molar-refractivity contribution >= 4 is 11.6 Å². The van der Waals surface area contributed by atoms with Crippen LogP contribution < -0.4 is 5.32 Å². The summed E-state index contributed by atoms with van der Waals surface area (Å²) in [5, 5.41) is 20.4. The van der Waals surface area contributed by atoms with Gasteiger partial charge in [-0.3, -0.25) is 0 Å². The van der Waals surface area contributed by atoms with Crippen molar-refractivity contribution in [2.45, 2.75) is 6.61 Å². The van der Waals surface area contributed by atoms with Crippen LogP contribution in [0.25, 0.3) is 11.1 Å². The number of nitrogens with zero attached hydrogens (tertiary/aromatic N) is 4. The fourth-order valence-corrected chi connectivity index (χ4v) is 2.17. The van der Waals surface area contributed by atoms with Crippen molar-refractivity contribution in [1.29, 1.82) is 0 Å². The first-order chi connectivity index (χ1) is 10.7. The van der Waals surface area contributed by atoms with Gasteiger partial charge in [0.1, 0.15) is 11.6 Å². The number of aliphatic hydroxyl groups is 1. The van der Waals surface area contributed by atoms with Gasteiger partial charge in [0.25, 0.3) is 0 Å². The van der Waals surface area contributed by atoms with E-state index in [0.717, 1.165) is 0 Å². The highest BCUT2D eigenvalue weighted by atomic mass is 19.1. The number of aromatic nitrogens is 4. The zero-order valence-corrected chi connectivity index (χ0v) is 11.9. The van der Waals surface area contributed by atoms with Crippen LogP contribution in [-0.4, -0.2) is 25.1 Å². The molecular formula is C15H14FN5O. The molecule has 0 saturated carbocycles. The van der Waals surface area contributed by atoms with Gasteiger partial charge >= 0.3 is 0 Å². The van der Waals surface area contributed by atoms with Gasteiger partial charge in [0, 0.05) is 24.4 Å². The van der Waals surface area contributed by atoms with Gasteiger partial charge in [-0.25, -0.2) is 9.37 Å². The summed E-state index contributed by atoms with van der Waals surface area (Å²) >= 11 is 0. The second-order valence-electron chi connectivity index (χ2n) is 4.71. The van der Waals surface area contributed by atoms with Gasteiger partial charge in [-0.2, -0.15) is 9.90 Å². The second kappa shape index (κ2) is 5.90. The van der Waals surface area contributed by atoms with Gasteiger partial charge in [0.15, 0.2) is 5.82 Å². The van der Waals surface area contributed by atoms with E-state index >= 15 is 0 Å². The molecule has 22 heavy (non-hydrogen) atoms. The lowest BCUT2D eigenvalue weighted by molar-refractivity contribution is 0.282. The molecular weight excluding hydrogens is 285 g/mol. The molecule has 3 rings (SSSR count). The summed E-state index contributed by atoms with van der Waals surface area (Å²) in [6, 6.07) is 8.08. The van der Waals surface area contributed by atoms with Gasteiger partial charge in [-0.15, -0.1) is 5.10 Å². The standard InChI is InChI=1S/C15H14FN5O/c1-21-18-8-14(20-21)19-13-6-5-10(7-17-13)15-11(9-22)3-2-4-12(15)16/h2-8,22H,9H2,1H3,(H,17,19,20). The molecule has 1 aromatic carbocycles. The van der Waals surface area contributed by atoms with Crippen LogP contribution in [0.4, 0.5) is 16.0 Å². The topological polar surface area (TPSA) is 75.9 Å². The summed E-state index contributed by atoms with van der Waals surface area (Å²) in [6.07, 6.45) is 3.13. The number of benzene rings is 1. The highest BCUT2D eigenvalue weighted by molar-refractivity contribution is 5.68. The summed E-state index contributed by atoms with van der Waals surface area (Å²) in [5.41, 5.74) is 1.49. The summed E-state index contributed by atoms with van der Waals surface area (Å²) < 4.78 is 14.0. The lowest BCUT2D eigenvalue weighted by Crippen LogP contribution is -1.98. The largest absolute Gasteiger partial charge is 0.392 e. The molecule has 112 valence electrons. The number of pyridine rings is 1. The molecule has 3 aromatic rings. The zero-order chi connectivity index (χ0) is 15.5. The van der Waals surface area contributed by atoms with Crippen molar-refractivity contribution in [2.75, 3.05) is 5.32 Å². The number of anilines is 2. The molecule has 0 fully saturated rings. The Kier molecular flexibility index (Phi) is 3.80. The fraction of sp³-hybridized carbons (Fsp3) is 0.133. The minimum Gasteiger partial charge on any atom is -0.392 e. The maximum Gasteiger partial charge on any atom is 0.174 e. The molecule has 2 heterocycles. The van der Waals surface area contributed by atoms with Crippen molar-refractivity contribution in [3.8, 4) is 11.1 Å². The highest BCUT2D eigenvalue weighted by Crippen LogP contribution is 2.27. The van der Waals surface area contributed by atoms with Crippen LogP contribution >= 0.6 is 0 Å². The van der Waals surface area contributed by atoms with Crippen LogP contribution in [0, 0.1) is 5.82 Å². The fourth-order valence-electron chi connectivity index (χ4n) is 2.17. The summed E-state index contributed by atoms with van der Waals surface area (Å²) in [7, 11) is 1.72. The average Bonchev–Trinajstić information content (AvgIpc) is 2.93. The Balaban J connectivity index is 1.88. The van der Waals surface area contributed by atoms with E-state index in [1.54, 1.807) is 43.7 Å². The lowest BCUT2D eigenvalue weighted by atomic mass is 10.0. The number of rotatable bonds is 4. The molecule has 0 aliphatic rings. The number of halogens is 1. The van der Waals surface area contributed by atoms with Crippen molar-refractivity contribution in [2.24, 2.45) is 7.05 Å². The first-order valence-corrected chi connectivity index (χ1v) is 6.65. The van der Waals surface area contributed by atoms with Crippen molar-refractivity contribution < 1.29 is 9.50 Å². The molecule has 2 aromatic heterocycles. The SMILES string of the molecule is Cn1ncc(Nc2ccc(-c3c(F)cccc3CO)cn2)n1. The molecule has 0 amide bonds. The minimum absolute atomic E-state index is 0.229. The molecule has 6 nitrogen and oxygen atoms in total. The van der Waals surface area contributed by atoms with Crippen LogP contribution in [0.15, 0.2) is 42.7 Å². The monoisotopic (exact) mass is 299 g/mol. The van der Waals surface area contributed by atoms with E-state index in [9.17, 15) is 9.50 Å². The van der Waals surface area contributed by atoms with E-state index in [2.05, 4.69) is 20.5 Å². The quantitative estimate of drug-likeness (QED) is 0.773. The maximum absolute atomic E-state index is 14.0. The van der Waals surface area contributed by atoms with Crippen molar-refractivity contribution in [3.05, 3.63) is 54.1 Å². The molecule has 0 bridgehead atoms. The molecule has 7 heteroatoms. The minimum atomic E-state index is -0.386. The van der Waals surface area contributed by atoms with Gasteiger partial charge in [-0.1, -0.05) is 12.1 Å². The first-order valence-electron chi connectivity index (χ1n) is 6.65. The number of aliphatic hydroxyl groups excluding tert-OH is 1. The predicted octanol–water partition coefficient (Wildman–Crippen LogP) is 2.25. The van der Waals surface area contributed by atoms with Gasteiger partial charge in [0.05, 0.1) is 12.8 Å². The Morgan fingerprint density at radius 1 is 1.18 bits per heavy atom. The van der Waals surface area contributed by atoms with Crippen LogP contribution in [0.1, 0.15) is 5.56 Å².